The Bertz CT molecular complexity index is 1180. The van der Waals surface area contributed by atoms with Crippen LogP contribution in [0.2, 0.25) is 0 Å². The molecule has 1 aromatic heterocycles. The lowest BCUT2D eigenvalue weighted by Gasteiger charge is -2.12. The molecule has 0 saturated heterocycles. The number of carbonyl (C=O) groups excluding carboxylic acids is 2. The number of hydrazone groups is 1. The number of aromatic nitrogens is 1. The quantitative estimate of drug-likeness (QED) is 0.189. The highest BCUT2D eigenvalue weighted by Gasteiger charge is 2.34. The topological polar surface area (TPSA) is 74.7 Å². The van der Waals surface area contributed by atoms with Crippen LogP contribution in [0.15, 0.2) is 59.0 Å². The minimum Gasteiger partial charge on any atom is -0.274 e. The highest BCUT2D eigenvalue weighted by Crippen LogP contribution is 2.22. The Morgan fingerprint density at radius 2 is 1.78 bits per heavy atom. The molecule has 2 heterocycles. The third-order valence-corrected chi connectivity index (χ3v) is 5.81. The molecule has 0 saturated carbocycles. The summed E-state index contributed by atoms with van der Waals surface area (Å²) in [6.45, 7) is 2.37. The monoisotopic (exact) mass is 442 g/mol. The zero-order chi connectivity index (χ0) is 22.3. The molecule has 0 radical (unpaired) electrons. The number of benzene rings is 2. The number of unbranched alkanes of at least 4 members (excludes halogenated alkanes) is 2. The Morgan fingerprint density at radius 3 is 2.44 bits per heavy atom. The van der Waals surface area contributed by atoms with Crippen LogP contribution in [-0.4, -0.2) is 34.5 Å². The van der Waals surface area contributed by atoms with Gasteiger partial charge in [-0.05, 0) is 49.6 Å². The van der Waals surface area contributed by atoms with Gasteiger partial charge >= 0.3 is 0 Å². The molecule has 1 N–H and O–H groups in total. The summed E-state index contributed by atoms with van der Waals surface area (Å²) in [5.74, 6) is 5.92. The molecular formula is C25H22N4O2S. The average Bonchev–Trinajstić information content (AvgIpc) is 3.33. The van der Waals surface area contributed by atoms with E-state index in [1.807, 2.05) is 36.6 Å². The summed E-state index contributed by atoms with van der Waals surface area (Å²) in [7, 11) is 0. The second-order valence-corrected chi connectivity index (χ2v) is 8.21. The Hall–Kier alpha value is -3.76. The average molecular weight is 443 g/mol. The maximum absolute atomic E-state index is 12.3. The maximum atomic E-state index is 12.3. The summed E-state index contributed by atoms with van der Waals surface area (Å²) in [5.41, 5.74) is 6.79. The molecule has 0 bridgehead atoms. The number of rotatable bonds is 7. The van der Waals surface area contributed by atoms with Gasteiger partial charge in [-0.25, -0.2) is 4.98 Å². The molecule has 32 heavy (non-hydrogen) atoms. The van der Waals surface area contributed by atoms with Crippen LogP contribution in [0.1, 0.15) is 56.8 Å². The van der Waals surface area contributed by atoms with Gasteiger partial charge in [0.25, 0.3) is 11.8 Å². The van der Waals surface area contributed by atoms with E-state index in [4.69, 9.17) is 0 Å². The van der Waals surface area contributed by atoms with Gasteiger partial charge < -0.3 is 0 Å². The zero-order valence-corrected chi connectivity index (χ0v) is 18.5. The second-order valence-electron chi connectivity index (χ2n) is 7.35. The molecule has 1 aliphatic heterocycles. The first-order chi connectivity index (χ1) is 15.6. The van der Waals surface area contributed by atoms with Gasteiger partial charge in [-0.2, -0.15) is 5.10 Å². The van der Waals surface area contributed by atoms with Crippen LogP contribution in [-0.2, 0) is 0 Å². The van der Waals surface area contributed by atoms with Crippen LogP contribution in [0.4, 0.5) is 5.13 Å². The summed E-state index contributed by atoms with van der Waals surface area (Å²) < 4.78 is 0. The molecule has 160 valence electrons. The van der Waals surface area contributed by atoms with Gasteiger partial charge in [0, 0.05) is 23.9 Å². The van der Waals surface area contributed by atoms with E-state index in [-0.39, 0.29) is 11.8 Å². The Kier molecular flexibility index (Phi) is 6.73. The molecule has 0 unspecified atom stereocenters. The molecule has 6 nitrogen and oxygen atoms in total. The summed E-state index contributed by atoms with van der Waals surface area (Å²) >= 11 is 1.52. The van der Waals surface area contributed by atoms with E-state index in [0.29, 0.717) is 24.1 Å². The number of nitrogens with zero attached hydrogens (tertiary/aromatic N) is 3. The first-order valence-corrected chi connectivity index (χ1v) is 11.2. The van der Waals surface area contributed by atoms with E-state index in [0.717, 1.165) is 34.8 Å². The SMILES string of the molecule is Cc1csc(NN=Cc2ccc(C#CCCCCN3C(=O)c4ccccc4C3=O)cc2)n1. The minimum absolute atomic E-state index is 0.197. The fraction of sp³-hybridized carbons (Fsp3) is 0.200. The summed E-state index contributed by atoms with van der Waals surface area (Å²) in [5, 5.41) is 6.93. The number of fused-ring (bicyclic) bond motifs is 1. The fourth-order valence-corrected chi connectivity index (χ4v) is 3.95. The molecule has 1 aliphatic rings. The smallest absolute Gasteiger partial charge is 0.261 e. The van der Waals surface area contributed by atoms with Crippen molar-refractivity contribution in [2.75, 3.05) is 12.0 Å². The largest absolute Gasteiger partial charge is 0.274 e. The van der Waals surface area contributed by atoms with E-state index in [9.17, 15) is 9.59 Å². The van der Waals surface area contributed by atoms with Gasteiger partial charge in [0.1, 0.15) is 0 Å². The van der Waals surface area contributed by atoms with Crippen molar-refractivity contribution in [3.05, 3.63) is 81.9 Å². The predicted molar refractivity (Wildman–Crippen MR) is 127 cm³/mol. The molecule has 2 amide bonds. The molecule has 0 atom stereocenters. The molecule has 2 aromatic carbocycles. The number of anilines is 1. The Balaban J connectivity index is 1.20. The van der Waals surface area contributed by atoms with E-state index in [2.05, 4.69) is 27.4 Å². The van der Waals surface area contributed by atoms with Crippen LogP contribution in [0.5, 0.6) is 0 Å². The number of aryl methyl sites for hydroxylation is 1. The number of amides is 2. The molecule has 0 fully saturated rings. The summed E-state index contributed by atoms with van der Waals surface area (Å²) in [6, 6.07) is 14.8. The van der Waals surface area contributed by atoms with Gasteiger partial charge in [0.05, 0.1) is 23.0 Å². The van der Waals surface area contributed by atoms with Crippen molar-refractivity contribution in [2.45, 2.75) is 26.2 Å². The first-order valence-electron chi connectivity index (χ1n) is 10.4. The predicted octanol–water partition coefficient (Wildman–Crippen LogP) is 4.72. The zero-order valence-electron chi connectivity index (χ0n) is 17.7. The number of imide groups is 1. The lowest BCUT2D eigenvalue weighted by atomic mass is 10.1. The number of carbonyl (C=O) groups is 2. The first kappa shape index (κ1) is 21.5. The normalized spacial score (nSPS) is 12.7. The van der Waals surface area contributed by atoms with Crippen LogP contribution in [0.3, 0.4) is 0 Å². The summed E-state index contributed by atoms with van der Waals surface area (Å²) in [4.78, 5) is 30.3. The lowest BCUT2D eigenvalue weighted by molar-refractivity contribution is 0.0652. The van der Waals surface area contributed by atoms with Crippen molar-refractivity contribution in [2.24, 2.45) is 5.10 Å². The molecular weight excluding hydrogens is 420 g/mol. The fourth-order valence-electron chi connectivity index (χ4n) is 3.31. The standard InChI is InChI=1S/C25H22N4O2S/c1-18-17-32-25(27-18)28-26-16-20-13-11-19(12-14-20)8-4-2-3-7-15-29-23(30)21-9-5-6-10-22(21)24(29)31/h5-6,9-14,16-17H,2-3,7,15H2,1H3,(H,27,28). The highest BCUT2D eigenvalue weighted by molar-refractivity contribution is 7.13. The second kappa shape index (κ2) is 10.0. The van der Waals surface area contributed by atoms with E-state index >= 15 is 0 Å². The van der Waals surface area contributed by atoms with E-state index in [1.54, 1.807) is 30.5 Å². The molecule has 0 aliphatic carbocycles. The molecule has 4 rings (SSSR count). The third-order valence-electron chi connectivity index (χ3n) is 4.95. The number of thiazole rings is 1. The van der Waals surface area contributed by atoms with Crippen molar-refractivity contribution in [3.63, 3.8) is 0 Å². The minimum atomic E-state index is -0.197. The van der Waals surface area contributed by atoms with Crippen LogP contribution >= 0.6 is 11.3 Å². The van der Waals surface area contributed by atoms with Crippen molar-refractivity contribution >= 4 is 34.5 Å². The lowest BCUT2D eigenvalue weighted by Crippen LogP contribution is -2.30. The number of hydrogen-bond donors (Lipinski definition) is 1. The van der Waals surface area contributed by atoms with Crippen molar-refractivity contribution in [1.82, 2.24) is 9.88 Å². The Labute approximate surface area is 191 Å². The number of nitrogens with one attached hydrogen (secondary N) is 1. The highest BCUT2D eigenvalue weighted by atomic mass is 32.1. The molecule has 0 spiro atoms. The van der Waals surface area contributed by atoms with Crippen LogP contribution < -0.4 is 5.43 Å². The van der Waals surface area contributed by atoms with Gasteiger partial charge in [0.2, 0.25) is 5.13 Å². The Morgan fingerprint density at radius 1 is 1.06 bits per heavy atom. The van der Waals surface area contributed by atoms with Gasteiger partial charge in [-0.3, -0.25) is 19.9 Å². The molecule has 7 heteroatoms. The van der Waals surface area contributed by atoms with Crippen molar-refractivity contribution in [3.8, 4) is 11.8 Å². The van der Waals surface area contributed by atoms with Crippen LogP contribution in [0, 0.1) is 18.8 Å². The maximum Gasteiger partial charge on any atom is 0.261 e. The third kappa shape index (κ3) is 5.10. The summed E-state index contributed by atoms with van der Waals surface area (Å²) in [6.07, 6.45) is 4.02. The van der Waals surface area contributed by atoms with Gasteiger partial charge in [-0.1, -0.05) is 36.1 Å². The van der Waals surface area contributed by atoms with Crippen molar-refractivity contribution in [1.29, 1.82) is 0 Å². The van der Waals surface area contributed by atoms with Crippen molar-refractivity contribution < 1.29 is 9.59 Å². The van der Waals surface area contributed by atoms with E-state index < -0.39 is 0 Å². The van der Waals surface area contributed by atoms with Gasteiger partial charge in [0.15, 0.2) is 0 Å². The van der Waals surface area contributed by atoms with Gasteiger partial charge in [-0.15, -0.1) is 11.3 Å². The van der Waals surface area contributed by atoms with Crippen LogP contribution in [0.25, 0.3) is 0 Å². The molecule has 3 aromatic rings. The number of hydrogen-bond acceptors (Lipinski definition) is 6. The van der Waals surface area contributed by atoms with E-state index in [1.165, 1.54) is 16.2 Å².